The number of benzene rings is 1. The number of amides is 1. The highest BCUT2D eigenvalue weighted by Crippen LogP contribution is 2.24. The van der Waals surface area contributed by atoms with Gasteiger partial charge in [0.15, 0.2) is 5.82 Å². The van der Waals surface area contributed by atoms with Gasteiger partial charge in [0.2, 0.25) is 5.91 Å². The van der Waals surface area contributed by atoms with Gasteiger partial charge in [-0.15, -0.1) is 10.2 Å². The lowest BCUT2D eigenvalue weighted by atomic mass is 10.0. The SMILES string of the molecule is COc1cc(C)c(CN2CCc3nnc(CNC(C)=O)n3CC2)cc1C. The van der Waals surface area contributed by atoms with Crippen LogP contribution < -0.4 is 10.1 Å². The first-order valence-electron chi connectivity index (χ1n) is 8.99. The van der Waals surface area contributed by atoms with Gasteiger partial charge in [-0.25, -0.2) is 0 Å². The minimum Gasteiger partial charge on any atom is -0.496 e. The molecule has 1 aromatic heterocycles. The molecule has 7 heteroatoms. The Kier molecular flexibility index (Phi) is 5.56. The Morgan fingerprint density at radius 2 is 2.00 bits per heavy atom. The second kappa shape index (κ2) is 7.86. The van der Waals surface area contributed by atoms with E-state index in [-0.39, 0.29) is 5.91 Å². The molecular weight excluding hydrogens is 330 g/mol. The quantitative estimate of drug-likeness (QED) is 0.880. The first-order chi connectivity index (χ1) is 12.5. The van der Waals surface area contributed by atoms with Gasteiger partial charge in [0.05, 0.1) is 13.7 Å². The fourth-order valence-electron chi connectivity index (χ4n) is 3.40. The number of fused-ring (bicyclic) bond motifs is 1. The van der Waals surface area contributed by atoms with E-state index in [0.29, 0.717) is 6.54 Å². The Labute approximate surface area is 154 Å². The van der Waals surface area contributed by atoms with Crippen molar-refractivity contribution in [3.63, 3.8) is 0 Å². The predicted molar refractivity (Wildman–Crippen MR) is 99.0 cm³/mol. The highest BCUT2D eigenvalue weighted by Gasteiger charge is 2.19. The molecule has 0 aliphatic carbocycles. The lowest BCUT2D eigenvalue weighted by molar-refractivity contribution is -0.119. The normalized spacial score (nSPS) is 14.6. The second-order valence-electron chi connectivity index (χ2n) is 6.87. The Morgan fingerprint density at radius 3 is 2.73 bits per heavy atom. The first kappa shape index (κ1) is 18.4. The van der Waals surface area contributed by atoms with Crippen LogP contribution in [-0.4, -0.2) is 45.8 Å². The zero-order chi connectivity index (χ0) is 18.7. The molecule has 26 heavy (non-hydrogen) atoms. The summed E-state index contributed by atoms with van der Waals surface area (Å²) in [6.45, 7) is 9.79. The van der Waals surface area contributed by atoms with Gasteiger partial charge in [0.25, 0.3) is 0 Å². The van der Waals surface area contributed by atoms with Gasteiger partial charge < -0.3 is 14.6 Å². The Balaban J connectivity index is 1.68. The molecule has 7 nitrogen and oxygen atoms in total. The van der Waals surface area contributed by atoms with E-state index in [0.717, 1.165) is 55.6 Å². The van der Waals surface area contributed by atoms with Crippen molar-refractivity contribution >= 4 is 5.91 Å². The van der Waals surface area contributed by atoms with E-state index in [2.05, 4.69) is 51.0 Å². The highest BCUT2D eigenvalue weighted by molar-refractivity contribution is 5.72. The van der Waals surface area contributed by atoms with Crippen molar-refractivity contribution in [3.8, 4) is 5.75 Å². The summed E-state index contributed by atoms with van der Waals surface area (Å²) in [5, 5.41) is 11.3. The number of hydrogen-bond acceptors (Lipinski definition) is 5. The predicted octanol–water partition coefficient (Wildman–Crippen LogP) is 1.60. The fourth-order valence-corrected chi connectivity index (χ4v) is 3.40. The van der Waals surface area contributed by atoms with Gasteiger partial charge in [-0.1, -0.05) is 6.07 Å². The molecular formula is C19H27N5O2. The van der Waals surface area contributed by atoms with Crippen molar-refractivity contribution in [2.45, 2.75) is 46.8 Å². The van der Waals surface area contributed by atoms with Crippen molar-refractivity contribution in [2.75, 3.05) is 20.2 Å². The number of carbonyl (C=O) groups excluding carboxylic acids is 1. The number of carbonyl (C=O) groups is 1. The van der Waals surface area contributed by atoms with E-state index in [1.807, 2.05) is 0 Å². The molecule has 140 valence electrons. The zero-order valence-corrected chi connectivity index (χ0v) is 16.0. The van der Waals surface area contributed by atoms with Gasteiger partial charge in [0, 0.05) is 39.5 Å². The van der Waals surface area contributed by atoms with Crippen LogP contribution in [0.2, 0.25) is 0 Å². The van der Waals surface area contributed by atoms with Crippen molar-refractivity contribution in [3.05, 3.63) is 40.5 Å². The molecule has 1 aliphatic rings. The molecule has 0 radical (unpaired) electrons. The standard InChI is InChI=1S/C19H27N5O2/c1-13-10-17(26-4)14(2)9-16(13)12-23-6-5-18-21-22-19(11-20-15(3)25)24(18)8-7-23/h9-10H,5-8,11-12H2,1-4H3,(H,20,25). The van der Waals surface area contributed by atoms with Crippen LogP contribution in [0.25, 0.3) is 0 Å². The van der Waals surface area contributed by atoms with E-state index in [9.17, 15) is 4.79 Å². The Morgan fingerprint density at radius 1 is 1.19 bits per heavy atom. The molecule has 0 bridgehead atoms. The van der Waals surface area contributed by atoms with Gasteiger partial charge in [-0.05, 0) is 36.6 Å². The van der Waals surface area contributed by atoms with Gasteiger partial charge in [-0.3, -0.25) is 9.69 Å². The topological polar surface area (TPSA) is 72.3 Å². The van der Waals surface area contributed by atoms with Crippen LogP contribution in [0.4, 0.5) is 0 Å². The summed E-state index contributed by atoms with van der Waals surface area (Å²) in [5.74, 6) is 2.71. The molecule has 1 aliphatic heterocycles. The van der Waals surface area contributed by atoms with Crippen LogP contribution in [0.5, 0.6) is 5.75 Å². The molecule has 0 atom stereocenters. The van der Waals surface area contributed by atoms with Crippen LogP contribution >= 0.6 is 0 Å². The fraction of sp³-hybridized carbons (Fsp3) is 0.526. The maximum atomic E-state index is 11.1. The van der Waals surface area contributed by atoms with E-state index >= 15 is 0 Å². The van der Waals surface area contributed by atoms with E-state index in [1.54, 1.807) is 7.11 Å². The molecule has 1 N–H and O–H groups in total. The third-order valence-corrected chi connectivity index (χ3v) is 4.94. The van der Waals surface area contributed by atoms with Gasteiger partial charge in [-0.2, -0.15) is 0 Å². The molecule has 0 fully saturated rings. The molecule has 1 amide bonds. The number of aromatic nitrogens is 3. The van der Waals surface area contributed by atoms with Crippen LogP contribution in [0, 0.1) is 13.8 Å². The van der Waals surface area contributed by atoms with E-state index < -0.39 is 0 Å². The summed E-state index contributed by atoms with van der Waals surface area (Å²) in [6, 6.07) is 4.34. The first-order valence-corrected chi connectivity index (χ1v) is 8.99. The summed E-state index contributed by atoms with van der Waals surface area (Å²) >= 11 is 0. The number of nitrogens with zero attached hydrogens (tertiary/aromatic N) is 4. The second-order valence-corrected chi connectivity index (χ2v) is 6.87. The molecule has 0 spiro atoms. The Hall–Kier alpha value is -2.41. The monoisotopic (exact) mass is 357 g/mol. The Bertz CT molecular complexity index is 799. The molecule has 2 heterocycles. The smallest absolute Gasteiger partial charge is 0.217 e. The van der Waals surface area contributed by atoms with Crippen LogP contribution in [-0.2, 0) is 30.8 Å². The third-order valence-electron chi connectivity index (χ3n) is 4.94. The van der Waals surface area contributed by atoms with Gasteiger partial charge in [0.1, 0.15) is 11.6 Å². The number of hydrogen-bond donors (Lipinski definition) is 1. The van der Waals surface area contributed by atoms with Crippen molar-refractivity contribution < 1.29 is 9.53 Å². The minimum atomic E-state index is -0.0528. The summed E-state index contributed by atoms with van der Waals surface area (Å²) in [6.07, 6.45) is 0.862. The van der Waals surface area contributed by atoms with E-state index in [1.165, 1.54) is 18.1 Å². The molecule has 0 saturated heterocycles. The summed E-state index contributed by atoms with van der Waals surface area (Å²) in [7, 11) is 1.71. The molecule has 1 aromatic carbocycles. The van der Waals surface area contributed by atoms with Crippen LogP contribution in [0.1, 0.15) is 35.3 Å². The maximum Gasteiger partial charge on any atom is 0.217 e. The number of methoxy groups -OCH3 is 1. The average molecular weight is 357 g/mol. The number of nitrogens with one attached hydrogen (secondary N) is 1. The minimum absolute atomic E-state index is 0.0528. The van der Waals surface area contributed by atoms with Crippen LogP contribution in [0.3, 0.4) is 0 Å². The van der Waals surface area contributed by atoms with Crippen molar-refractivity contribution in [2.24, 2.45) is 0 Å². The number of rotatable bonds is 5. The number of aryl methyl sites for hydroxylation is 2. The summed E-state index contributed by atoms with van der Waals surface area (Å²) < 4.78 is 7.55. The third kappa shape index (κ3) is 4.04. The lowest BCUT2D eigenvalue weighted by Crippen LogP contribution is -2.27. The van der Waals surface area contributed by atoms with Crippen LogP contribution in [0.15, 0.2) is 12.1 Å². The largest absolute Gasteiger partial charge is 0.496 e. The molecule has 0 saturated carbocycles. The maximum absolute atomic E-state index is 11.1. The molecule has 2 aromatic rings. The van der Waals surface area contributed by atoms with Crippen molar-refractivity contribution in [1.82, 2.24) is 25.0 Å². The van der Waals surface area contributed by atoms with E-state index in [4.69, 9.17) is 4.74 Å². The summed E-state index contributed by atoms with van der Waals surface area (Å²) in [4.78, 5) is 13.6. The molecule has 0 unspecified atom stereocenters. The zero-order valence-electron chi connectivity index (χ0n) is 16.0. The van der Waals surface area contributed by atoms with Crippen molar-refractivity contribution in [1.29, 1.82) is 0 Å². The van der Waals surface area contributed by atoms with Gasteiger partial charge >= 0.3 is 0 Å². The molecule has 3 rings (SSSR count). The lowest BCUT2D eigenvalue weighted by Gasteiger charge is -2.21. The summed E-state index contributed by atoms with van der Waals surface area (Å²) in [5.41, 5.74) is 3.75. The average Bonchev–Trinajstić information content (AvgIpc) is 2.89. The number of ether oxygens (including phenoxy) is 1. The highest BCUT2D eigenvalue weighted by atomic mass is 16.5.